The molecule has 0 radical (unpaired) electrons. The van der Waals surface area contributed by atoms with Crippen LogP contribution in [0.4, 0.5) is 4.79 Å². The molecule has 0 atom stereocenters. The SMILES string of the molecule is CN(C)C(=O)NCCNCc1ccc2c(c1)CCC2. The fraction of sp³-hybridized carbons (Fsp3) is 0.533. The Morgan fingerprint density at radius 2 is 2.00 bits per heavy atom. The number of carbonyl (C=O) groups is 1. The molecular weight excluding hydrogens is 238 g/mol. The molecule has 104 valence electrons. The lowest BCUT2D eigenvalue weighted by Gasteiger charge is -2.12. The minimum absolute atomic E-state index is 0.0423. The minimum Gasteiger partial charge on any atom is -0.337 e. The lowest BCUT2D eigenvalue weighted by molar-refractivity contribution is 0.217. The van der Waals surface area contributed by atoms with E-state index >= 15 is 0 Å². The van der Waals surface area contributed by atoms with Crippen LogP contribution in [0.1, 0.15) is 23.1 Å². The summed E-state index contributed by atoms with van der Waals surface area (Å²) in [6.45, 7) is 2.31. The molecule has 0 saturated carbocycles. The summed E-state index contributed by atoms with van der Waals surface area (Å²) in [4.78, 5) is 12.8. The quantitative estimate of drug-likeness (QED) is 0.790. The summed E-state index contributed by atoms with van der Waals surface area (Å²) in [7, 11) is 3.49. The Morgan fingerprint density at radius 1 is 1.21 bits per heavy atom. The molecule has 2 N–H and O–H groups in total. The van der Waals surface area contributed by atoms with E-state index in [-0.39, 0.29) is 6.03 Å². The molecule has 0 bridgehead atoms. The standard InChI is InChI=1S/C15H23N3O/c1-18(2)15(19)17-9-8-16-11-12-6-7-13-4-3-5-14(13)10-12/h6-7,10,16H,3-5,8-9,11H2,1-2H3,(H,17,19). The van der Waals surface area contributed by atoms with Crippen LogP contribution < -0.4 is 10.6 Å². The first-order valence-electron chi connectivity index (χ1n) is 6.93. The van der Waals surface area contributed by atoms with Gasteiger partial charge in [0.25, 0.3) is 0 Å². The zero-order valence-electron chi connectivity index (χ0n) is 11.8. The highest BCUT2D eigenvalue weighted by Gasteiger charge is 2.10. The molecule has 0 fully saturated rings. The van der Waals surface area contributed by atoms with Crippen molar-refractivity contribution in [2.75, 3.05) is 27.2 Å². The summed E-state index contributed by atoms with van der Waals surface area (Å²) in [5, 5.41) is 6.19. The summed E-state index contributed by atoms with van der Waals surface area (Å²) >= 11 is 0. The summed E-state index contributed by atoms with van der Waals surface area (Å²) in [6.07, 6.45) is 3.75. The molecule has 2 amide bonds. The van der Waals surface area contributed by atoms with Crippen LogP contribution in [0.5, 0.6) is 0 Å². The van der Waals surface area contributed by atoms with Gasteiger partial charge in [-0.3, -0.25) is 0 Å². The number of nitrogens with one attached hydrogen (secondary N) is 2. The third kappa shape index (κ3) is 3.96. The van der Waals surface area contributed by atoms with Gasteiger partial charge in [0.2, 0.25) is 0 Å². The predicted molar refractivity (Wildman–Crippen MR) is 77.3 cm³/mol. The average molecular weight is 261 g/mol. The number of rotatable bonds is 5. The van der Waals surface area contributed by atoms with Crippen molar-refractivity contribution in [2.45, 2.75) is 25.8 Å². The molecule has 0 aliphatic heterocycles. The number of aryl methyl sites for hydroxylation is 2. The van der Waals surface area contributed by atoms with Gasteiger partial charge in [-0.25, -0.2) is 4.79 Å². The van der Waals surface area contributed by atoms with E-state index in [4.69, 9.17) is 0 Å². The second kappa shape index (κ2) is 6.57. The van der Waals surface area contributed by atoms with Crippen LogP contribution in [0.15, 0.2) is 18.2 Å². The number of amides is 2. The van der Waals surface area contributed by atoms with Crippen LogP contribution in [0, 0.1) is 0 Å². The first kappa shape index (κ1) is 13.9. The molecule has 1 aromatic rings. The molecule has 0 heterocycles. The zero-order chi connectivity index (χ0) is 13.7. The van der Waals surface area contributed by atoms with E-state index in [1.807, 2.05) is 0 Å². The molecule has 0 aromatic heterocycles. The van der Waals surface area contributed by atoms with E-state index < -0.39 is 0 Å². The predicted octanol–water partition coefficient (Wildman–Crippen LogP) is 1.54. The van der Waals surface area contributed by atoms with Gasteiger partial charge in [-0.2, -0.15) is 0 Å². The molecule has 1 aliphatic carbocycles. The van der Waals surface area contributed by atoms with Crippen molar-refractivity contribution in [2.24, 2.45) is 0 Å². The smallest absolute Gasteiger partial charge is 0.316 e. The Hall–Kier alpha value is -1.55. The molecular formula is C15H23N3O. The van der Waals surface area contributed by atoms with E-state index in [1.165, 1.54) is 36.0 Å². The van der Waals surface area contributed by atoms with E-state index in [2.05, 4.69) is 28.8 Å². The fourth-order valence-electron chi connectivity index (χ4n) is 2.38. The van der Waals surface area contributed by atoms with Crippen molar-refractivity contribution in [3.05, 3.63) is 34.9 Å². The van der Waals surface area contributed by atoms with Gasteiger partial charge in [0, 0.05) is 33.7 Å². The topological polar surface area (TPSA) is 44.4 Å². The maximum Gasteiger partial charge on any atom is 0.316 e. The third-order valence-electron chi connectivity index (χ3n) is 3.48. The van der Waals surface area contributed by atoms with Gasteiger partial charge in [0.15, 0.2) is 0 Å². The number of benzene rings is 1. The van der Waals surface area contributed by atoms with Crippen molar-refractivity contribution < 1.29 is 4.79 Å². The van der Waals surface area contributed by atoms with Crippen LogP contribution in [0.25, 0.3) is 0 Å². The summed E-state index contributed by atoms with van der Waals surface area (Å²) < 4.78 is 0. The maximum absolute atomic E-state index is 11.3. The Labute approximate surface area is 115 Å². The number of carbonyl (C=O) groups excluding carboxylic acids is 1. The number of urea groups is 1. The second-order valence-electron chi connectivity index (χ2n) is 5.26. The molecule has 0 spiro atoms. The molecule has 4 heteroatoms. The van der Waals surface area contributed by atoms with Crippen LogP contribution in [0.2, 0.25) is 0 Å². The Morgan fingerprint density at radius 3 is 2.79 bits per heavy atom. The van der Waals surface area contributed by atoms with Crippen molar-refractivity contribution in [1.82, 2.24) is 15.5 Å². The van der Waals surface area contributed by atoms with Crippen molar-refractivity contribution >= 4 is 6.03 Å². The van der Waals surface area contributed by atoms with Gasteiger partial charge in [-0.05, 0) is 36.0 Å². The van der Waals surface area contributed by atoms with E-state index in [0.717, 1.165) is 13.1 Å². The highest BCUT2D eigenvalue weighted by molar-refractivity contribution is 5.73. The third-order valence-corrected chi connectivity index (χ3v) is 3.48. The Kier molecular flexibility index (Phi) is 4.80. The van der Waals surface area contributed by atoms with Crippen molar-refractivity contribution in [3.63, 3.8) is 0 Å². The average Bonchev–Trinajstić information content (AvgIpc) is 2.85. The van der Waals surface area contributed by atoms with Gasteiger partial charge in [0.05, 0.1) is 0 Å². The summed E-state index contributed by atoms with van der Waals surface area (Å²) in [5.41, 5.74) is 4.36. The normalized spacial score (nSPS) is 13.2. The maximum atomic E-state index is 11.3. The van der Waals surface area contributed by atoms with Gasteiger partial charge in [-0.1, -0.05) is 18.2 Å². The highest BCUT2D eigenvalue weighted by atomic mass is 16.2. The molecule has 4 nitrogen and oxygen atoms in total. The summed E-state index contributed by atoms with van der Waals surface area (Å²) in [6, 6.07) is 6.73. The van der Waals surface area contributed by atoms with Gasteiger partial charge in [0.1, 0.15) is 0 Å². The molecule has 0 saturated heterocycles. The summed E-state index contributed by atoms with van der Waals surface area (Å²) in [5.74, 6) is 0. The molecule has 1 aromatic carbocycles. The first-order valence-corrected chi connectivity index (χ1v) is 6.93. The Bertz CT molecular complexity index is 443. The first-order chi connectivity index (χ1) is 9.16. The molecule has 0 unspecified atom stereocenters. The van der Waals surface area contributed by atoms with Crippen LogP contribution in [-0.4, -0.2) is 38.1 Å². The molecule has 1 aliphatic rings. The van der Waals surface area contributed by atoms with Crippen molar-refractivity contribution in [1.29, 1.82) is 0 Å². The highest BCUT2D eigenvalue weighted by Crippen LogP contribution is 2.22. The lowest BCUT2D eigenvalue weighted by Crippen LogP contribution is -2.38. The van der Waals surface area contributed by atoms with Crippen molar-refractivity contribution in [3.8, 4) is 0 Å². The number of hydrogen-bond acceptors (Lipinski definition) is 2. The molecule has 19 heavy (non-hydrogen) atoms. The minimum atomic E-state index is -0.0423. The fourth-order valence-corrected chi connectivity index (χ4v) is 2.38. The van der Waals surface area contributed by atoms with Crippen LogP contribution in [0.3, 0.4) is 0 Å². The second-order valence-corrected chi connectivity index (χ2v) is 5.26. The Balaban J connectivity index is 1.67. The largest absolute Gasteiger partial charge is 0.337 e. The van der Waals surface area contributed by atoms with E-state index in [9.17, 15) is 4.79 Å². The van der Waals surface area contributed by atoms with Gasteiger partial charge in [-0.15, -0.1) is 0 Å². The number of fused-ring (bicyclic) bond motifs is 1. The number of nitrogens with zero attached hydrogens (tertiary/aromatic N) is 1. The zero-order valence-corrected chi connectivity index (χ0v) is 11.8. The monoisotopic (exact) mass is 261 g/mol. The lowest BCUT2D eigenvalue weighted by atomic mass is 10.1. The van der Waals surface area contributed by atoms with E-state index in [0.29, 0.717) is 6.54 Å². The van der Waals surface area contributed by atoms with E-state index in [1.54, 1.807) is 19.0 Å². The molecule has 2 rings (SSSR count). The van der Waals surface area contributed by atoms with Gasteiger partial charge < -0.3 is 15.5 Å². The van der Waals surface area contributed by atoms with Gasteiger partial charge >= 0.3 is 6.03 Å². The number of hydrogen-bond donors (Lipinski definition) is 2. The van der Waals surface area contributed by atoms with Crippen LogP contribution in [-0.2, 0) is 19.4 Å². The van der Waals surface area contributed by atoms with Crippen LogP contribution >= 0.6 is 0 Å².